The van der Waals surface area contributed by atoms with Crippen molar-refractivity contribution < 1.29 is 39.4 Å². The van der Waals surface area contributed by atoms with Gasteiger partial charge < -0.3 is 0 Å². The van der Waals surface area contributed by atoms with Crippen molar-refractivity contribution in [3.63, 3.8) is 0 Å². The molecule has 0 radical (unpaired) electrons. The van der Waals surface area contributed by atoms with Crippen LogP contribution in [0.2, 0.25) is 0 Å². The first kappa shape index (κ1) is 16.6. The molecule has 116 valence electrons. The van der Waals surface area contributed by atoms with Crippen molar-refractivity contribution in [2.75, 3.05) is 23.8 Å². The number of thioether (sulfide) groups is 1. The van der Waals surface area contributed by atoms with E-state index in [2.05, 4.69) is 13.8 Å². The standard InChI is InChI=1S/C13H13F3IN2OS/c1-4-7-18(2)12-17-19(3)10-6-5-9(8-11(10)21-12)20-13(14,15)16/h1,5-6,8,12H,7H2,2-3H3/q-1. The molecule has 1 unspecified atom stereocenters. The third-order valence-corrected chi connectivity index (χ3v) is 7.85. The molecule has 1 atom stereocenters. The fourth-order valence-electron chi connectivity index (χ4n) is 1.72. The molecule has 0 bridgehead atoms. The molecule has 0 aliphatic carbocycles. The van der Waals surface area contributed by atoms with Crippen molar-refractivity contribution in [2.24, 2.45) is 0 Å². The van der Waals surface area contributed by atoms with Crippen LogP contribution in [0.4, 0.5) is 18.9 Å². The number of fused-ring (bicyclic) bond motifs is 1. The molecule has 2 rings (SSSR count). The molecular weight excluding hydrogens is 416 g/mol. The number of anilines is 1. The fourth-order valence-corrected chi connectivity index (χ4v) is 6.92. The number of rotatable bonds is 3. The summed E-state index contributed by atoms with van der Waals surface area (Å²) in [5.74, 6) is 2.39. The average molecular weight is 429 g/mol. The topological polar surface area (TPSA) is 15.7 Å². The second kappa shape index (κ2) is 6.54. The van der Waals surface area contributed by atoms with E-state index in [1.165, 1.54) is 23.9 Å². The van der Waals surface area contributed by atoms with E-state index in [0.717, 1.165) is 10.6 Å². The van der Waals surface area contributed by atoms with Crippen LogP contribution in [0.3, 0.4) is 0 Å². The Morgan fingerprint density at radius 2 is 2.24 bits per heavy atom. The summed E-state index contributed by atoms with van der Waals surface area (Å²) in [5, 5.41) is 0. The first-order valence-electron chi connectivity index (χ1n) is 5.87. The van der Waals surface area contributed by atoms with E-state index in [-0.39, 0.29) is 30.6 Å². The molecule has 1 aromatic rings. The van der Waals surface area contributed by atoms with Gasteiger partial charge in [0, 0.05) is 0 Å². The minimum atomic E-state index is -4.67. The van der Waals surface area contributed by atoms with E-state index in [4.69, 9.17) is 6.42 Å². The predicted molar refractivity (Wildman–Crippen MR) is 72.6 cm³/mol. The average Bonchev–Trinajstić information content (AvgIpc) is 2.36. The Bertz CT molecular complexity index is 561. The number of alkyl halides is 4. The van der Waals surface area contributed by atoms with E-state index in [0.29, 0.717) is 6.54 Å². The Balaban J connectivity index is 2.22. The van der Waals surface area contributed by atoms with Gasteiger partial charge in [0.05, 0.1) is 0 Å². The van der Waals surface area contributed by atoms with Gasteiger partial charge in [0.15, 0.2) is 0 Å². The summed E-state index contributed by atoms with van der Waals surface area (Å²) in [6.45, 7) is 0.513. The maximum atomic E-state index is 12.3. The van der Waals surface area contributed by atoms with Gasteiger partial charge in [-0.25, -0.2) is 0 Å². The molecule has 8 heteroatoms. The SMILES string of the molecule is C#CCN(C)C1Sc2cc(OC(F)(F)F)ccc2N(C)[I-]1. The van der Waals surface area contributed by atoms with Crippen molar-refractivity contribution >= 4 is 17.4 Å². The van der Waals surface area contributed by atoms with Gasteiger partial charge in [-0.2, -0.15) is 0 Å². The van der Waals surface area contributed by atoms with Gasteiger partial charge in [0.1, 0.15) is 0 Å². The Labute approximate surface area is 136 Å². The normalized spacial score (nSPS) is 18.7. The summed E-state index contributed by atoms with van der Waals surface area (Å²) in [4.78, 5) is 2.81. The number of hydrogen-bond acceptors (Lipinski definition) is 4. The summed E-state index contributed by atoms with van der Waals surface area (Å²) in [5.41, 5.74) is 0.938. The zero-order valence-corrected chi connectivity index (χ0v) is 14.3. The van der Waals surface area contributed by atoms with E-state index < -0.39 is 6.36 Å². The number of benzene rings is 1. The van der Waals surface area contributed by atoms with Crippen LogP contribution in [-0.4, -0.2) is 35.3 Å². The van der Waals surface area contributed by atoms with Gasteiger partial charge in [-0.15, -0.1) is 0 Å². The Morgan fingerprint density at radius 1 is 1.52 bits per heavy atom. The quantitative estimate of drug-likeness (QED) is 0.221. The van der Waals surface area contributed by atoms with Crippen LogP contribution in [-0.2, 0) is 0 Å². The van der Waals surface area contributed by atoms with E-state index >= 15 is 0 Å². The summed E-state index contributed by atoms with van der Waals surface area (Å²) < 4.78 is 43.2. The first-order valence-corrected chi connectivity index (χ1v) is 8.97. The van der Waals surface area contributed by atoms with Crippen LogP contribution in [0, 0.1) is 12.3 Å². The molecule has 1 heterocycles. The Kier molecular flexibility index (Phi) is 5.16. The van der Waals surface area contributed by atoms with E-state index in [1.807, 2.05) is 19.0 Å². The van der Waals surface area contributed by atoms with Crippen LogP contribution >= 0.6 is 11.8 Å². The van der Waals surface area contributed by atoms with Crippen molar-refractivity contribution in [1.29, 1.82) is 0 Å². The summed E-state index contributed by atoms with van der Waals surface area (Å²) >= 11 is 1.21. The molecule has 0 N–H and O–H groups in total. The van der Waals surface area contributed by atoms with Crippen molar-refractivity contribution in [2.45, 2.75) is 14.6 Å². The summed E-state index contributed by atoms with van der Waals surface area (Å²) in [7, 11) is 3.87. The van der Waals surface area contributed by atoms with Crippen molar-refractivity contribution in [3.05, 3.63) is 18.2 Å². The van der Waals surface area contributed by atoms with Crippen LogP contribution in [0.25, 0.3) is 0 Å². The Morgan fingerprint density at radius 3 is 2.86 bits per heavy atom. The predicted octanol–water partition coefficient (Wildman–Crippen LogP) is -0.0203. The molecule has 21 heavy (non-hydrogen) atoms. The Hall–Kier alpha value is -0.790. The molecule has 3 nitrogen and oxygen atoms in total. The van der Waals surface area contributed by atoms with Crippen LogP contribution < -0.4 is 29.3 Å². The second-order valence-electron chi connectivity index (χ2n) is 4.28. The number of ether oxygens (including phenoxy) is 1. The molecule has 1 aliphatic heterocycles. The molecule has 1 aromatic carbocycles. The molecule has 0 fully saturated rings. The second-order valence-corrected chi connectivity index (χ2v) is 9.43. The van der Waals surface area contributed by atoms with Gasteiger partial charge in [0.25, 0.3) is 0 Å². The molecule has 0 spiro atoms. The number of hydrogen-bond donors (Lipinski definition) is 0. The van der Waals surface area contributed by atoms with Crippen molar-refractivity contribution in [3.8, 4) is 18.1 Å². The molecule has 0 amide bonds. The molecule has 0 saturated carbocycles. The minimum absolute atomic E-state index is 0.193. The molecule has 0 saturated heterocycles. The van der Waals surface area contributed by atoms with Crippen LogP contribution in [0.15, 0.2) is 23.1 Å². The monoisotopic (exact) mass is 429 g/mol. The van der Waals surface area contributed by atoms with Crippen LogP contribution in [0.1, 0.15) is 0 Å². The van der Waals surface area contributed by atoms with Gasteiger partial charge in [-0.05, 0) is 0 Å². The molecule has 1 aliphatic rings. The van der Waals surface area contributed by atoms with Gasteiger partial charge in [-0.1, -0.05) is 0 Å². The number of nitrogens with zero attached hydrogens (tertiary/aromatic N) is 2. The fraction of sp³-hybridized carbons (Fsp3) is 0.385. The number of terminal acetylenes is 1. The van der Waals surface area contributed by atoms with E-state index in [9.17, 15) is 13.2 Å². The maximum absolute atomic E-state index is 12.3. The number of halogens is 4. The summed E-state index contributed by atoms with van der Waals surface area (Å²) in [6, 6.07) is 4.45. The van der Waals surface area contributed by atoms with Gasteiger partial charge in [-0.3, -0.25) is 0 Å². The van der Waals surface area contributed by atoms with Gasteiger partial charge >= 0.3 is 136 Å². The van der Waals surface area contributed by atoms with Gasteiger partial charge in [0.2, 0.25) is 0 Å². The molecular formula is C13H13F3IN2OS-. The van der Waals surface area contributed by atoms with Crippen LogP contribution in [0.5, 0.6) is 5.75 Å². The summed E-state index contributed by atoms with van der Waals surface area (Å²) in [6.07, 6.45) is 0.637. The zero-order chi connectivity index (χ0) is 15.6. The zero-order valence-electron chi connectivity index (χ0n) is 11.3. The molecule has 0 aromatic heterocycles. The van der Waals surface area contributed by atoms with Crippen molar-refractivity contribution in [1.82, 2.24) is 4.90 Å². The third-order valence-electron chi connectivity index (χ3n) is 2.64. The van der Waals surface area contributed by atoms with E-state index in [1.54, 1.807) is 6.07 Å². The first-order chi connectivity index (χ1) is 9.80. The third kappa shape index (κ3) is 4.34.